The molecule has 108 valence electrons. The van der Waals surface area contributed by atoms with Crippen molar-refractivity contribution in [1.29, 1.82) is 0 Å². The van der Waals surface area contributed by atoms with Crippen molar-refractivity contribution in [2.75, 3.05) is 13.1 Å². The number of thiazole rings is 1. The quantitative estimate of drug-likeness (QED) is 0.838. The number of nitrogens with zero attached hydrogens (tertiary/aromatic N) is 2. The number of carboxylic acid groups (broad SMARTS) is 1. The minimum atomic E-state index is -1.05. The minimum Gasteiger partial charge on any atom is -0.476 e. The van der Waals surface area contributed by atoms with Gasteiger partial charge in [0, 0.05) is 18.5 Å². The summed E-state index contributed by atoms with van der Waals surface area (Å²) in [6, 6.07) is -0.441. The monoisotopic (exact) mass is 295 g/mol. The molecular weight excluding hydrogens is 278 g/mol. The van der Waals surface area contributed by atoms with Gasteiger partial charge < -0.3 is 15.3 Å². The normalized spacial score (nSPS) is 16.5. The molecule has 1 aromatic heterocycles. The van der Waals surface area contributed by atoms with Crippen molar-refractivity contribution in [3.63, 3.8) is 0 Å². The highest BCUT2D eigenvalue weighted by Gasteiger charge is 2.20. The van der Waals surface area contributed by atoms with Crippen molar-refractivity contribution >= 4 is 23.3 Å². The first kappa shape index (κ1) is 14.5. The Hall–Kier alpha value is -1.89. The maximum Gasteiger partial charge on any atom is 0.355 e. The maximum atomic E-state index is 12.1. The summed E-state index contributed by atoms with van der Waals surface area (Å²) in [7, 11) is 0. The van der Waals surface area contributed by atoms with Crippen molar-refractivity contribution < 1.29 is 14.7 Å². The fourth-order valence-electron chi connectivity index (χ4n) is 2.01. The van der Waals surface area contributed by atoms with Gasteiger partial charge in [-0.15, -0.1) is 11.3 Å². The lowest BCUT2D eigenvalue weighted by atomic mass is 10.1. The van der Waals surface area contributed by atoms with Crippen molar-refractivity contribution in [2.24, 2.45) is 0 Å². The van der Waals surface area contributed by atoms with Gasteiger partial charge in [-0.2, -0.15) is 0 Å². The molecule has 1 aromatic rings. The largest absolute Gasteiger partial charge is 0.476 e. The molecule has 20 heavy (non-hydrogen) atoms. The molecule has 0 spiro atoms. The van der Waals surface area contributed by atoms with E-state index in [1.54, 1.807) is 11.8 Å². The van der Waals surface area contributed by atoms with E-state index in [9.17, 15) is 9.59 Å². The van der Waals surface area contributed by atoms with Gasteiger partial charge in [0.05, 0.1) is 6.04 Å². The molecule has 1 unspecified atom stereocenters. The van der Waals surface area contributed by atoms with Crippen LogP contribution in [0.4, 0.5) is 4.79 Å². The van der Waals surface area contributed by atoms with E-state index in [0.29, 0.717) is 18.1 Å². The lowest BCUT2D eigenvalue weighted by Gasteiger charge is -2.27. The van der Waals surface area contributed by atoms with E-state index in [1.807, 2.05) is 6.92 Å². The zero-order valence-corrected chi connectivity index (χ0v) is 12.2. The van der Waals surface area contributed by atoms with Crippen LogP contribution in [-0.4, -0.2) is 40.1 Å². The van der Waals surface area contributed by atoms with E-state index in [1.165, 1.54) is 22.3 Å². The second kappa shape index (κ2) is 6.04. The molecular formula is C13H17N3O3S. The Morgan fingerprint density at radius 2 is 2.30 bits per heavy atom. The smallest absolute Gasteiger partial charge is 0.355 e. The highest BCUT2D eigenvalue weighted by Crippen LogP contribution is 2.19. The Balaban J connectivity index is 1.96. The van der Waals surface area contributed by atoms with Gasteiger partial charge in [-0.1, -0.05) is 11.6 Å². The predicted octanol–water partition coefficient (Wildman–Crippen LogP) is 2.26. The number of amides is 2. The van der Waals surface area contributed by atoms with Crippen LogP contribution in [0.1, 0.15) is 41.8 Å². The van der Waals surface area contributed by atoms with E-state index >= 15 is 0 Å². The van der Waals surface area contributed by atoms with Gasteiger partial charge in [-0.3, -0.25) is 0 Å². The molecule has 1 aliphatic rings. The highest BCUT2D eigenvalue weighted by molar-refractivity contribution is 7.09. The first-order valence-corrected chi connectivity index (χ1v) is 7.25. The first-order valence-electron chi connectivity index (χ1n) is 6.37. The number of carboxylic acids is 1. The number of nitrogens with one attached hydrogen (secondary N) is 1. The van der Waals surface area contributed by atoms with Crippen molar-refractivity contribution in [3.8, 4) is 0 Å². The van der Waals surface area contributed by atoms with Crippen LogP contribution < -0.4 is 5.32 Å². The molecule has 0 saturated carbocycles. The summed E-state index contributed by atoms with van der Waals surface area (Å²) in [6.45, 7) is 5.14. The van der Waals surface area contributed by atoms with E-state index in [4.69, 9.17) is 5.11 Å². The number of hydrogen-bond donors (Lipinski definition) is 2. The summed E-state index contributed by atoms with van der Waals surface area (Å²) in [6.07, 6.45) is 3.00. The number of aromatic carboxylic acids is 1. The molecule has 2 N–H and O–H groups in total. The number of aromatic nitrogens is 1. The molecule has 1 aliphatic heterocycles. The molecule has 6 nitrogen and oxygen atoms in total. The number of carbonyl (C=O) groups is 2. The number of hydrogen-bond acceptors (Lipinski definition) is 4. The van der Waals surface area contributed by atoms with Crippen molar-refractivity contribution in [3.05, 3.63) is 27.7 Å². The molecule has 1 atom stereocenters. The minimum absolute atomic E-state index is 0.0165. The lowest BCUT2D eigenvalue weighted by molar-refractivity contribution is 0.0691. The Kier molecular flexibility index (Phi) is 4.39. The van der Waals surface area contributed by atoms with Crippen LogP contribution in [0, 0.1) is 0 Å². The van der Waals surface area contributed by atoms with Crippen LogP contribution in [-0.2, 0) is 0 Å². The SMILES string of the molecule is CC1=CCCN(C(=O)NC(C)c2nc(C(=O)O)cs2)C1. The highest BCUT2D eigenvalue weighted by atomic mass is 32.1. The van der Waals surface area contributed by atoms with Crippen LogP contribution in [0.3, 0.4) is 0 Å². The Labute approximate surface area is 121 Å². The van der Waals surface area contributed by atoms with E-state index in [-0.39, 0.29) is 17.8 Å². The van der Waals surface area contributed by atoms with Crippen molar-refractivity contribution in [2.45, 2.75) is 26.3 Å². The van der Waals surface area contributed by atoms with Crippen LogP contribution in [0.25, 0.3) is 0 Å². The van der Waals surface area contributed by atoms with E-state index in [0.717, 1.165) is 6.42 Å². The van der Waals surface area contributed by atoms with E-state index in [2.05, 4.69) is 16.4 Å². The fraction of sp³-hybridized carbons (Fsp3) is 0.462. The average molecular weight is 295 g/mol. The molecule has 0 fully saturated rings. The Bertz CT molecular complexity index is 553. The molecule has 0 aliphatic carbocycles. The van der Waals surface area contributed by atoms with Gasteiger partial charge in [0.1, 0.15) is 5.01 Å². The fourth-order valence-corrected chi connectivity index (χ4v) is 2.81. The van der Waals surface area contributed by atoms with Gasteiger partial charge in [0.2, 0.25) is 0 Å². The maximum absolute atomic E-state index is 12.1. The number of rotatable bonds is 3. The third-order valence-electron chi connectivity index (χ3n) is 3.07. The van der Waals surface area contributed by atoms with Crippen LogP contribution in [0.2, 0.25) is 0 Å². The van der Waals surface area contributed by atoms with Gasteiger partial charge in [0.25, 0.3) is 0 Å². The average Bonchev–Trinajstić information content (AvgIpc) is 2.88. The lowest BCUT2D eigenvalue weighted by Crippen LogP contribution is -2.43. The summed E-state index contributed by atoms with van der Waals surface area (Å²) >= 11 is 1.24. The standard InChI is InChI=1S/C13H17N3O3S/c1-8-4-3-5-16(6-8)13(19)14-9(2)11-15-10(7-20-11)12(17)18/h4,7,9H,3,5-6H2,1-2H3,(H,14,19)(H,17,18). The zero-order valence-electron chi connectivity index (χ0n) is 11.4. The molecule has 2 heterocycles. The first-order chi connectivity index (χ1) is 9.47. The number of carbonyl (C=O) groups excluding carboxylic acids is 1. The van der Waals surface area contributed by atoms with Crippen LogP contribution in [0.5, 0.6) is 0 Å². The second-order valence-electron chi connectivity index (χ2n) is 4.81. The summed E-state index contributed by atoms with van der Waals surface area (Å²) in [5, 5.41) is 13.8. The molecule has 0 aromatic carbocycles. The van der Waals surface area contributed by atoms with Crippen molar-refractivity contribution in [1.82, 2.24) is 15.2 Å². The van der Waals surface area contributed by atoms with Gasteiger partial charge >= 0.3 is 12.0 Å². The topological polar surface area (TPSA) is 82.5 Å². The van der Waals surface area contributed by atoms with Gasteiger partial charge in [0.15, 0.2) is 5.69 Å². The second-order valence-corrected chi connectivity index (χ2v) is 5.70. The zero-order chi connectivity index (χ0) is 14.7. The summed E-state index contributed by atoms with van der Waals surface area (Å²) < 4.78 is 0. The van der Waals surface area contributed by atoms with E-state index < -0.39 is 5.97 Å². The summed E-state index contributed by atoms with van der Waals surface area (Å²) in [5.74, 6) is -1.05. The summed E-state index contributed by atoms with van der Waals surface area (Å²) in [4.78, 5) is 28.6. The molecule has 0 saturated heterocycles. The third kappa shape index (κ3) is 3.36. The molecule has 0 radical (unpaired) electrons. The molecule has 2 amide bonds. The third-order valence-corrected chi connectivity index (χ3v) is 4.10. The molecule has 0 bridgehead atoms. The van der Waals surface area contributed by atoms with Crippen LogP contribution in [0.15, 0.2) is 17.0 Å². The Morgan fingerprint density at radius 1 is 1.55 bits per heavy atom. The summed E-state index contributed by atoms with van der Waals surface area (Å²) in [5.41, 5.74) is 1.20. The van der Waals surface area contributed by atoms with Gasteiger partial charge in [-0.25, -0.2) is 14.6 Å². The molecule has 7 heteroatoms. The van der Waals surface area contributed by atoms with Crippen LogP contribution >= 0.6 is 11.3 Å². The Morgan fingerprint density at radius 3 is 2.90 bits per heavy atom. The predicted molar refractivity (Wildman–Crippen MR) is 76.0 cm³/mol. The number of urea groups is 1. The van der Waals surface area contributed by atoms with Gasteiger partial charge in [-0.05, 0) is 20.3 Å². The molecule has 2 rings (SSSR count).